The Balaban J connectivity index is 0.000000810. The zero-order chi connectivity index (χ0) is 6.85. The van der Waals surface area contributed by atoms with Gasteiger partial charge in [-0.1, -0.05) is 11.6 Å². The molecule has 56 valence electrons. The van der Waals surface area contributed by atoms with Crippen LogP contribution < -0.4 is 17.6 Å². The van der Waals surface area contributed by atoms with Gasteiger partial charge in [0, 0.05) is 6.07 Å². The number of hydrogen-bond acceptors (Lipinski definition) is 5. The molecule has 0 aliphatic rings. The summed E-state index contributed by atoms with van der Waals surface area (Å²) in [6, 6.07) is 1.43. The molecule has 0 aliphatic carbocycles. The molecular formula is C4H8ClN5. The quantitative estimate of drug-likeness (QED) is 0.479. The van der Waals surface area contributed by atoms with Crippen molar-refractivity contribution >= 4 is 23.4 Å². The van der Waals surface area contributed by atoms with Gasteiger partial charge in [0.05, 0.1) is 0 Å². The third kappa shape index (κ3) is 2.04. The minimum atomic E-state index is 0. The van der Waals surface area contributed by atoms with Crippen molar-refractivity contribution < 1.29 is 0 Å². The van der Waals surface area contributed by atoms with Crippen LogP contribution in [0.15, 0.2) is 6.07 Å². The van der Waals surface area contributed by atoms with Crippen LogP contribution in [0.5, 0.6) is 0 Å². The molecule has 7 N–H and O–H groups in total. The lowest BCUT2D eigenvalue weighted by molar-refractivity contribution is 1.19. The Morgan fingerprint density at radius 2 is 1.90 bits per heavy atom. The average Bonchev–Trinajstić information content (AvgIpc) is 1.59. The van der Waals surface area contributed by atoms with E-state index >= 15 is 0 Å². The molecule has 1 heterocycles. The highest BCUT2D eigenvalue weighted by molar-refractivity contribution is 6.29. The van der Waals surface area contributed by atoms with E-state index in [4.69, 9.17) is 23.1 Å². The fourth-order valence-electron chi connectivity index (χ4n) is 0.453. The van der Waals surface area contributed by atoms with Crippen LogP contribution in [0.4, 0.5) is 11.8 Å². The molecule has 1 rings (SSSR count). The Kier molecular flexibility index (Phi) is 2.85. The minimum Gasteiger partial charge on any atom is -0.383 e. The Morgan fingerprint density at radius 1 is 1.30 bits per heavy atom. The van der Waals surface area contributed by atoms with Crippen molar-refractivity contribution in [3.63, 3.8) is 0 Å². The third-order valence-electron chi connectivity index (χ3n) is 0.732. The molecule has 0 saturated heterocycles. The van der Waals surface area contributed by atoms with Crippen LogP contribution in [0.2, 0.25) is 5.15 Å². The van der Waals surface area contributed by atoms with Gasteiger partial charge in [-0.05, 0) is 0 Å². The highest BCUT2D eigenvalue weighted by Gasteiger charge is 1.93. The van der Waals surface area contributed by atoms with Crippen molar-refractivity contribution in [3.8, 4) is 0 Å². The Hall–Kier alpha value is -1.07. The lowest BCUT2D eigenvalue weighted by atomic mass is 10.6. The van der Waals surface area contributed by atoms with E-state index in [1.807, 2.05) is 0 Å². The molecule has 0 spiro atoms. The fraction of sp³-hybridized carbons (Fsp3) is 0. The fourth-order valence-corrected chi connectivity index (χ4v) is 0.652. The number of halogens is 1. The lowest BCUT2D eigenvalue weighted by Crippen LogP contribution is -1.98. The highest BCUT2D eigenvalue weighted by Crippen LogP contribution is 2.08. The first-order chi connectivity index (χ1) is 4.18. The molecule has 6 heteroatoms. The summed E-state index contributed by atoms with van der Waals surface area (Å²) in [5, 5.41) is 0.264. The van der Waals surface area contributed by atoms with Crippen molar-refractivity contribution in [3.05, 3.63) is 11.2 Å². The van der Waals surface area contributed by atoms with Gasteiger partial charge in [0.25, 0.3) is 0 Å². The number of nitrogens with zero attached hydrogens (tertiary/aromatic N) is 2. The number of aromatic nitrogens is 2. The summed E-state index contributed by atoms with van der Waals surface area (Å²) < 4.78 is 0. The number of anilines is 2. The molecule has 0 fully saturated rings. The van der Waals surface area contributed by atoms with Gasteiger partial charge in [-0.25, -0.2) is 4.98 Å². The molecule has 1 aromatic rings. The van der Waals surface area contributed by atoms with Crippen molar-refractivity contribution in [1.82, 2.24) is 16.1 Å². The summed E-state index contributed by atoms with van der Waals surface area (Å²) in [6.45, 7) is 0. The van der Waals surface area contributed by atoms with Gasteiger partial charge < -0.3 is 17.6 Å². The molecule has 0 aliphatic heterocycles. The van der Waals surface area contributed by atoms with Crippen LogP contribution in [-0.4, -0.2) is 9.97 Å². The summed E-state index contributed by atoms with van der Waals surface area (Å²) in [7, 11) is 0. The Bertz CT molecular complexity index is 174. The number of rotatable bonds is 0. The molecule has 10 heavy (non-hydrogen) atoms. The molecular weight excluding hydrogens is 154 g/mol. The molecule has 0 atom stereocenters. The standard InChI is InChI=1S/C4H5ClN4.H3N/c5-2-1-3(6)9-4(7)8-2;/h1H,(H4,6,7,8,9);1H3. The molecule has 0 amide bonds. The average molecular weight is 162 g/mol. The topological polar surface area (TPSA) is 113 Å². The van der Waals surface area contributed by atoms with E-state index in [9.17, 15) is 0 Å². The van der Waals surface area contributed by atoms with Gasteiger partial charge in [0.15, 0.2) is 0 Å². The monoisotopic (exact) mass is 161 g/mol. The van der Waals surface area contributed by atoms with E-state index in [0.29, 0.717) is 0 Å². The molecule has 0 aromatic carbocycles. The van der Waals surface area contributed by atoms with E-state index in [2.05, 4.69) is 9.97 Å². The molecule has 0 unspecified atom stereocenters. The highest BCUT2D eigenvalue weighted by atomic mass is 35.5. The van der Waals surface area contributed by atoms with Gasteiger partial charge in [0.2, 0.25) is 5.95 Å². The van der Waals surface area contributed by atoms with E-state index in [0.717, 1.165) is 0 Å². The van der Waals surface area contributed by atoms with Crippen molar-refractivity contribution in [2.75, 3.05) is 11.5 Å². The van der Waals surface area contributed by atoms with E-state index < -0.39 is 0 Å². The van der Waals surface area contributed by atoms with Crippen LogP contribution in [0, 0.1) is 0 Å². The molecule has 0 radical (unpaired) electrons. The predicted molar refractivity (Wildman–Crippen MR) is 40.9 cm³/mol. The predicted octanol–water partition coefficient (Wildman–Crippen LogP) is 0.456. The summed E-state index contributed by atoms with van der Waals surface area (Å²) >= 11 is 5.44. The van der Waals surface area contributed by atoms with Crippen molar-refractivity contribution in [1.29, 1.82) is 0 Å². The number of nitrogens with two attached hydrogens (primary N) is 2. The first kappa shape index (κ1) is 8.93. The SMILES string of the molecule is N.Nc1cc(Cl)nc(N)n1. The Morgan fingerprint density at radius 3 is 2.30 bits per heavy atom. The first-order valence-electron chi connectivity index (χ1n) is 2.24. The number of nitrogen functional groups attached to an aromatic ring is 2. The maximum Gasteiger partial charge on any atom is 0.223 e. The van der Waals surface area contributed by atoms with Crippen LogP contribution in [0.1, 0.15) is 0 Å². The summed E-state index contributed by atoms with van der Waals surface area (Å²) in [5.74, 6) is 0.382. The van der Waals surface area contributed by atoms with Gasteiger partial charge in [-0.2, -0.15) is 4.98 Å². The maximum atomic E-state index is 5.44. The third-order valence-corrected chi connectivity index (χ3v) is 0.926. The van der Waals surface area contributed by atoms with Crippen LogP contribution in [0.3, 0.4) is 0 Å². The summed E-state index contributed by atoms with van der Waals surface area (Å²) in [5.41, 5.74) is 10.4. The first-order valence-corrected chi connectivity index (χ1v) is 2.62. The molecule has 0 bridgehead atoms. The molecule has 1 aromatic heterocycles. The zero-order valence-corrected chi connectivity index (χ0v) is 5.97. The maximum absolute atomic E-state index is 5.44. The van der Waals surface area contributed by atoms with Gasteiger partial charge in [-0.15, -0.1) is 0 Å². The number of hydrogen-bond donors (Lipinski definition) is 3. The summed E-state index contributed by atoms with van der Waals surface area (Å²) in [4.78, 5) is 7.18. The largest absolute Gasteiger partial charge is 0.383 e. The molecule has 0 saturated carbocycles. The van der Waals surface area contributed by atoms with Gasteiger partial charge in [0.1, 0.15) is 11.0 Å². The van der Waals surface area contributed by atoms with Gasteiger partial charge >= 0.3 is 0 Å². The minimum absolute atomic E-state index is 0. The Labute approximate surface area is 63.0 Å². The van der Waals surface area contributed by atoms with Crippen LogP contribution in [0.25, 0.3) is 0 Å². The van der Waals surface area contributed by atoms with Crippen molar-refractivity contribution in [2.24, 2.45) is 0 Å². The van der Waals surface area contributed by atoms with Gasteiger partial charge in [-0.3, -0.25) is 0 Å². The normalized spacial score (nSPS) is 8.50. The van der Waals surface area contributed by atoms with E-state index in [1.165, 1.54) is 6.07 Å². The molecule has 5 nitrogen and oxygen atoms in total. The van der Waals surface area contributed by atoms with Crippen molar-refractivity contribution in [2.45, 2.75) is 0 Å². The zero-order valence-electron chi connectivity index (χ0n) is 5.21. The summed E-state index contributed by atoms with van der Waals surface area (Å²) in [6.07, 6.45) is 0. The second-order valence-corrected chi connectivity index (χ2v) is 1.86. The van der Waals surface area contributed by atoms with Crippen LogP contribution >= 0.6 is 11.6 Å². The van der Waals surface area contributed by atoms with E-state index in [-0.39, 0.29) is 23.1 Å². The van der Waals surface area contributed by atoms with Crippen LogP contribution in [-0.2, 0) is 0 Å². The second-order valence-electron chi connectivity index (χ2n) is 1.47. The van der Waals surface area contributed by atoms with E-state index in [1.54, 1.807) is 0 Å². The second kappa shape index (κ2) is 3.19. The smallest absolute Gasteiger partial charge is 0.223 e. The lowest BCUT2D eigenvalue weighted by Gasteiger charge is -1.93.